The fourth-order valence-electron chi connectivity index (χ4n) is 3.34. The van der Waals surface area contributed by atoms with Crippen LogP contribution in [0.15, 0.2) is 0 Å². The van der Waals surface area contributed by atoms with E-state index in [4.69, 9.17) is 0 Å². The van der Waals surface area contributed by atoms with Crippen LogP contribution in [0.3, 0.4) is 0 Å². The number of unbranched alkanes of at least 4 members (excludes halogenated alkanes) is 18. The van der Waals surface area contributed by atoms with Crippen LogP contribution in [0, 0.1) is 0 Å². The highest BCUT2D eigenvalue weighted by molar-refractivity contribution is 14.1. The summed E-state index contributed by atoms with van der Waals surface area (Å²) in [5.74, 6) is 0. The molecular weight excluding hydrogens is 407 g/mol. The molecule has 0 amide bonds. The summed E-state index contributed by atoms with van der Waals surface area (Å²) in [4.78, 5) is 10.8. The maximum Gasteiger partial charge on any atom is 0.192 e. The maximum atomic E-state index is 10.8. The third kappa shape index (κ3) is 22.4. The van der Waals surface area contributed by atoms with Gasteiger partial charge in [-0.25, -0.2) is 0 Å². The zero-order valence-corrected chi connectivity index (χ0v) is 18.6. The Morgan fingerprint density at radius 2 is 0.750 bits per heavy atom. The first-order valence-corrected chi connectivity index (χ1v) is 12.0. The minimum Gasteiger partial charge on any atom is -0.288 e. The highest BCUT2D eigenvalue weighted by atomic mass is 127. The Morgan fingerprint density at radius 1 is 0.500 bits per heavy atom. The molecule has 0 bridgehead atoms. The fraction of sp³-hybridized carbons (Fsp3) is 0.955. The summed E-state index contributed by atoms with van der Waals surface area (Å²) in [6.45, 7) is 2.29. The van der Waals surface area contributed by atoms with Crippen molar-refractivity contribution in [1.82, 2.24) is 0 Å². The van der Waals surface area contributed by atoms with Gasteiger partial charge in [-0.05, 0) is 29.0 Å². The summed E-state index contributed by atoms with van der Waals surface area (Å²) >= 11 is 1.91. The van der Waals surface area contributed by atoms with Gasteiger partial charge in [-0.15, -0.1) is 0 Å². The lowest BCUT2D eigenvalue weighted by molar-refractivity contribution is -0.109. The van der Waals surface area contributed by atoms with Gasteiger partial charge in [0, 0.05) is 6.42 Å². The quantitative estimate of drug-likeness (QED) is 0.103. The second kappa shape index (κ2) is 21.4. The summed E-state index contributed by atoms with van der Waals surface area (Å²) in [6, 6.07) is 0. The Kier molecular flexibility index (Phi) is 21.8. The highest BCUT2D eigenvalue weighted by Gasteiger charge is 1.96. The van der Waals surface area contributed by atoms with E-state index >= 15 is 0 Å². The van der Waals surface area contributed by atoms with Crippen molar-refractivity contribution in [2.75, 3.05) is 0 Å². The molecule has 0 aromatic heterocycles. The minimum atomic E-state index is 0.319. The first kappa shape index (κ1) is 24.4. The zero-order valence-electron chi connectivity index (χ0n) is 16.4. The summed E-state index contributed by atoms with van der Waals surface area (Å²) in [6.07, 6.45) is 27.5. The van der Waals surface area contributed by atoms with Gasteiger partial charge >= 0.3 is 0 Å². The number of carbonyl (C=O) groups excluding carboxylic acids is 1. The Labute approximate surface area is 166 Å². The van der Waals surface area contributed by atoms with E-state index in [0.717, 1.165) is 12.8 Å². The molecule has 0 unspecified atom stereocenters. The summed E-state index contributed by atoms with van der Waals surface area (Å²) in [7, 11) is 0. The Hall–Kier alpha value is 0.400. The molecule has 0 heterocycles. The molecule has 0 aliphatic rings. The van der Waals surface area contributed by atoms with Crippen molar-refractivity contribution in [2.24, 2.45) is 0 Å². The van der Waals surface area contributed by atoms with E-state index in [1.54, 1.807) is 0 Å². The summed E-state index contributed by atoms with van der Waals surface area (Å²) in [5.41, 5.74) is 0. The van der Waals surface area contributed by atoms with Gasteiger partial charge in [-0.3, -0.25) is 4.79 Å². The third-order valence-electron chi connectivity index (χ3n) is 4.98. The van der Waals surface area contributed by atoms with Crippen LogP contribution >= 0.6 is 22.6 Å². The number of halogens is 1. The van der Waals surface area contributed by atoms with Gasteiger partial charge in [0.25, 0.3) is 0 Å². The molecule has 0 aromatic rings. The van der Waals surface area contributed by atoms with Crippen LogP contribution in [0.1, 0.15) is 135 Å². The monoisotopic (exact) mass is 450 g/mol. The Balaban J connectivity index is 2.97. The predicted molar refractivity (Wildman–Crippen MR) is 117 cm³/mol. The van der Waals surface area contributed by atoms with Crippen molar-refractivity contribution < 1.29 is 4.79 Å². The number of hydrogen-bond acceptors (Lipinski definition) is 1. The molecule has 0 spiro atoms. The molecule has 0 fully saturated rings. The van der Waals surface area contributed by atoms with Gasteiger partial charge in [-0.2, -0.15) is 0 Å². The van der Waals surface area contributed by atoms with Crippen molar-refractivity contribution >= 4 is 26.4 Å². The van der Waals surface area contributed by atoms with Gasteiger partial charge in [0.15, 0.2) is 3.79 Å². The van der Waals surface area contributed by atoms with Gasteiger partial charge in [0.2, 0.25) is 0 Å². The molecule has 144 valence electrons. The van der Waals surface area contributed by atoms with E-state index in [2.05, 4.69) is 6.92 Å². The van der Waals surface area contributed by atoms with E-state index < -0.39 is 0 Å². The fourth-order valence-corrected chi connectivity index (χ4v) is 3.72. The second-order valence-electron chi connectivity index (χ2n) is 7.47. The maximum absolute atomic E-state index is 10.8. The molecule has 0 radical (unpaired) electrons. The summed E-state index contributed by atoms with van der Waals surface area (Å²) < 4.78 is 0.319. The van der Waals surface area contributed by atoms with Crippen LogP contribution in [0.2, 0.25) is 0 Å². The van der Waals surface area contributed by atoms with Crippen LogP contribution in [-0.4, -0.2) is 3.79 Å². The number of hydrogen-bond donors (Lipinski definition) is 0. The minimum absolute atomic E-state index is 0.319. The van der Waals surface area contributed by atoms with Crippen LogP contribution in [0.5, 0.6) is 0 Å². The number of rotatable bonds is 20. The normalized spacial score (nSPS) is 11.1. The lowest BCUT2D eigenvalue weighted by atomic mass is 10.0. The van der Waals surface area contributed by atoms with E-state index in [9.17, 15) is 4.79 Å². The predicted octanol–water partition coefficient (Wildman–Crippen LogP) is 8.77. The molecule has 0 saturated heterocycles. The lowest BCUT2D eigenvalue weighted by Gasteiger charge is -2.03. The summed E-state index contributed by atoms with van der Waals surface area (Å²) in [5, 5.41) is 0. The van der Waals surface area contributed by atoms with Gasteiger partial charge in [-0.1, -0.05) is 122 Å². The molecular formula is C22H43IO. The molecule has 1 nitrogen and oxygen atoms in total. The van der Waals surface area contributed by atoms with Crippen molar-refractivity contribution in [1.29, 1.82) is 0 Å². The first-order chi connectivity index (χ1) is 11.8. The van der Waals surface area contributed by atoms with E-state index in [0.29, 0.717) is 3.79 Å². The lowest BCUT2D eigenvalue weighted by Crippen LogP contribution is -1.86. The molecule has 0 aliphatic heterocycles. The van der Waals surface area contributed by atoms with E-state index in [-0.39, 0.29) is 0 Å². The molecule has 0 rings (SSSR count). The van der Waals surface area contributed by atoms with E-state index in [1.807, 2.05) is 22.6 Å². The van der Waals surface area contributed by atoms with Gasteiger partial charge in [0.05, 0.1) is 0 Å². The average Bonchev–Trinajstić information content (AvgIpc) is 2.56. The molecule has 0 aromatic carbocycles. The van der Waals surface area contributed by atoms with Crippen LogP contribution in [-0.2, 0) is 4.79 Å². The molecule has 24 heavy (non-hydrogen) atoms. The van der Waals surface area contributed by atoms with Gasteiger partial charge in [0.1, 0.15) is 0 Å². The largest absolute Gasteiger partial charge is 0.288 e. The van der Waals surface area contributed by atoms with Crippen LogP contribution in [0.25, 0.3) is 0 Å². The Morgan fingerprint density at radius 3 is 1.00 bits per heavy atom. The van der Waals surface area contributed by atoms with E-state index in [1.165, 1.54) is 116 Å². The topological polar surface area (TPSA) is 17.1 Å². The average molecular weight is 450 g/mol. The SMILES string of the molecule is CCCCCCCCCCCCCCCCCCCCCC(=O)I. The molecule has 2 heteroatoms. The highest BCUT2D eigenvalue weighted by Crippen LogP contribution is 2.15. The van der Waals surface area contributed by atoms with Crippen LogP contribution < -0.4 is 0 Å². The smallest absolute Gasteiger partial charge is 0.192 e. The first-order valence-electron chi connectivity index (χ1n) is 11.0. The standard InChI is InChI=1S/C22H43IO/c1-2-3-4-5-6-7-8-9-10-11-12-13-14-15-16-17-18-19-20-21-22(23)24/h2-21H2,1H3. The zero-order chi connectivity index (χ0) is 17.7. The molecule has 0 saturated carbocycles. The van der Waals surface area contributed by atoms with Crippen molar-refractivity contribution in [3.05, 3.63) is 0 Å². The number of carbonyl (C=O) groups is 1. The Bertz CT molecular complexity index is 252. The van der Waals surface area contributed by atoms with Crippen molar-refractivity contribution in [2.45, 2.75) is 135 Å². The molecule has 0 aliphatic carbocycles. The van der Waals surface area contributed by atoms with Crippen molar-refractivity contribution in [3.8, 4) is 0 Å². The molecule has 0 atom stereocenters. The molecule has 0 N–H and O–H groups in total. The third-order valence-corrected chi connectivity index (χ3v) is 5.52. The van der Waals surface area contributed by atoms with Crippen LogP contribution in [0.4, 0.5) is 0 Å². The second-order valence-corrected chi connectivity index (χ2v) is 8.67. The van der Waals surface area contributed by atoms with Crippen molar-refractivity contribution in [3.63, 3.8) is 0 Å². The van der Waals surface area contributed by atoms with Gasteiger partial charge < -0.3 is 0 Å².